The van der Waals surface area contributed by atoms with E-state index in [1.807, 2.05) is 36.4 Å². The van der Waals surface area contributed by atoms with Gasteiger partial charge in [0.15, 0.2) is 0 Å². The van der Waals surface area contributed by atoms with Gasteiger partial charge in [-0.25, -0.2) is 0 Å². The number of aliphatic hydroxyl groups is 1. The second kappa shape index (κ2) is 5.66. The third-order valence-corrected chi connectivity index (χ3v) is 5.39. The molecule has 0 saturated heterocycles. The summed E-state index contributed by atoms with van der Waals surface area (Å²) in [6.07, 6.45) is -0.788. The molecule has 0 aliphatic carbocycles. The fourth-order valence-electron chi connectivity index (χ4n) is 2.23. The van der Waals surface area contributed by atoms with Crippen LogP contribution in [0.3, 0.4) is 0 Å². The van der Waals surface area contributed by atoms with E-state index in [1.165, 1.54) is 11.3 Å². The average molecular weight is 388 g/mol. The molecule has 1 atom stereocenters. The van der Waals surface area contributed by atoms with Gasteiger partial charge in [0, 0.05) is 10.0 Å². The van der Waals surface area contributed by atoms with Crippen molar-refractivity contribution in [3.63, 3.8) is 0 Å². The third-order valence-electron chi connectivity index (χ3n) is 3.18. The number of hydrogen-bond donors (Lipinski definition) is 1. The Labute approximate surface area is 138 Å². The highest BCUT2D eigenvalue weighted by molar-refractivity contribution is 9.10. The SMILES string of the molecule is OC(c1cc(Cl)sc1Cl)c1ccc(Br)c2ccccc12. The molecule has 2 aromatic carbocycles. The monoisotopic (exact) mass is 386 g/mol. The molecule has 0 bridgehead atoms. The maximum absolute atomic E-state index is 10.6. The largest absolute Gasteiger partial charge is 0.384 e. The van der Waals surface area contributed by atoms with Gasteiger partial charge in [-0.15, -0.1) is 11.3 Å². The molecule has 0 aliphatic rings. The zero-order chi connectivity index (χ0) is 14.3. The second-order valence-electron chi connectivity index (χ2n) is 4.36. The first-order valence-electron chi connectivity index (χ1n) is 5.88. The van der Waals surface area contributed by atoms with E-state index in [-0.39, 0.29) is 0 Å². The van der Waals surface area contributed by atoms with Gasteiger partial charge in [-0.3, -0.25) is 0 Å². The van der Waals surface area contributed by atoms with Crippen LogP contribution in [0.1, 0.15) is 17.2 Å². The van der Waals surface area contributed by atoms with Gasteiger partial charge in [0.1, 0.15) is 10.4 Å². The Bertz CT molecular complexity index is 785. The van der Waals surface area contributed by atoms with Gasteiger partial charge in [-0.05, 0) is 28.5 Å². The number of hydrogen-bond acceptors (Lipinski definition) is 2. The van der Waals surface area contributed by atoms with Crippen LogP contribution in [0.2, 0.25) is 8.67 Å². The van der Waals surface area contributed by atoms with Crippen LogP contribution < -0.4 is 0 Å². The lowest BCUT2D eigenvalue weighted by Gasteiger charge is -2.14. The first kappa shape index (κ1) is 14.4. The zero-order valence-corrected chi connectivity index (χ0v) is 14.0. The molecule has 0 radical (unpaired) electrons. The quantitative estimate of drug-likeness (QED) is 0.567. The Balaban J connectivity index is 2.20. The smallest absolute Gasteiger partial charge is 0.107 e. The molecule has 1 heterocycles. The molecule has 3 rings (SSSR count). The predicted molar refractivity (Wildman–Crippen MR) is 90.0 cm³/mol. The molecule has 0 aliphatic heterocycles. The van der Waals surface area contributed by atoms with Crippen LogP contribution in [0.4, 0.5) is 0 Å². The topological polar surface area (TPSA) is 20.2 Å². The lowest BCUT2D eigenvalue weighted by molar-refractivity contribution is 0.222. The van der Waals surface area contributed by atoms with Gasteiger partial charge in [0.25, 0.3) is 0 Å². The molecule has 20 heavy (non-hydrogen) atoms. The van der Waals surface area contributed by atoms with Crippen molar-refractivity contribution in [2.45, 2.75) is 6.10 Å². The minimum absolute atomic E-state index is 0.523. The Morgan fingerprint density at radius 2 is 1.70 bits per heavy atom. The molecule has 0 fully saturated rings. The van der Waals surface area contributed by atoms with Crippen LogP contribution in [-0.4, -0.2) is 5.11 Å². The van der Waals surface area contributed by atoms with E-state index in [2.05, 4.69) is 15.9 Å². The third kappa shape index (κ3) is 2.49. The first-order chi connectivity index (χ1) is 9.58. The maximum atomic E-state index is 10.6. The molecule has 5 heteroatoms. The molecule has 0 amide bonds. The van der Waals surface area contributed by atoms with E-state index >= 15 is 0 Å². The van der Waals surface area contributed by atoms with Crippen molar-refractivity contribution in [3.05, 3.63) is 66.7 Å². The summed E-state index contributed by atoms with van der Waals surface area (Å²) in [5, 5.41) is 12.7. The standard InChI is InChI=1S/C15H9BrCl2OS/c16-12-6-5-10(8-3-1-2-4-9(8)12)14(19)11-7-13(17)20-15(11)18/h1-7,14,19H. The Kier molecular flexibility index (Phi) is 4.07. The maximum Gasteiger partial charge on any atom is 0.107 e. The molecular formula is C15H9BrCl2OS. The molecule has 0 saturated carbocycles. The van der Waals surface area contributed by atoms with Crippen molar-refractivity contribution in [2.24, 2.45) is 0 Å². The molecule has 3 aromatic rings. The summed E-state index contributed by atoms with van der Waals surface area (Å²) >= 11 is 16.9. The number of rotatable bonds is 2. The van der Waals surface area contributed by atoms with Crippen molar-refractivity contribution < 1.29 is 5.11 Å². The van der Waals surface area contributed by atoms with Crippen LogP contribution in [0.25, 0.3) is 10.8 Å². The van der Waals surface area contributed by atoms with E-state index in [1.54, 1.807) is 6.07 Å². The fraction of sp³-hybridized carbons (Fsp3) is 0.0667. The van der Waals surface area contributed by atoms with Gasteiger partial charge < -0.3 is 5.11 Å². The predicted octanol–water partition coefficient (Wildman–Crippen LogP) is 6.05. The van der Waals surface area contributed by atoms with Crippen molar-refractivity contribution >= 4 is 61.2 Å². The Hall–Kier alpha value is -0.580. The zero-order valence-electron chi connectivity index (χ0n) is 10.1. The van der Waals surface area contributed by atoms with Crippen molar-refractivity contribution in [2.75, 3.05) is 0 Å². The Morgan fingerprint density at radius 3 is 2.35 bits per heavy atom. The van der Waals surface area contributed by atoms with Crippen LogP contribution in [0.5, 0.6) is 0 Å². The number of halogens is 3. The average Bonchev–Trinajstić information content (AvgIpc) is 2.78. The van der Waals surface area contributed by atoms with Crippen LogP contribution in [-0.2, 0) is 0 Å². The van der Waals surface area contributed by atoms with Gasteiger partial charge >= 0.3 is 0 Å². The van der Waals surface area contributed by atoms with Crippen molar-refractivity contribution in [1.82, 2.24) is 0 Å². The number of thiophene rings is 1. The minimum Gasteiger partial charge on any atom is -0.384 e. The highest BCUT2D eigenvalue weighted by Gasteiger charge is 2.19. The van der Waals surface area contributed by atoms with Crippen LogP contribution >= 0.6 is 50.5 Å². The molecule has 1 nitrogen and oxygen atoms in total. The number of fused-ring (bicyclic) bond motifs is 1. The first-order valence-corrected chi connectivity index (χ1v) is 8.24. The molecule has 1 N–H and O–H groups in total. The second-order valence-corrected chi connectivity index (χ2v) is 7.50. The fourth-order valence-corrected chi connectivity index (χ4v) is 4.23. The summed E-state index contributed by atoms with van der Waals surface area (Å²) in [6.45, 7) is 0. The van der Waals surface area contributed by atoms with Crippen molar-refractivity contribution in [3.8, 4) is 0 Å². The van der Waals surface area contributed by atoms with E-state index in [0.29, 0.717) is 14.2 Å². The van der Waals surface area contributed by atoms with Gasteiger partial charge in [0.2, 0.25) is 0 Å². The van der Waals surface area contributed by atoms with Gasteiger partial charge in [0.05, 0.1) is 4.34 Å². The molecular weight excluding hydrogens is 379 g/mol. The molecule has 1 aromatic heterocycles. The highest BCUT2D eigenvalue weighted by atomic mass is 79.9. The molecule has 0 spiro atoms. The van der Waals surface area contributed by atoms with E-state index in [0.717, 1.165) is 20.8 Å². The van der Waals surface area contributed by atoms with Crippen LogP contribution in [0, 0.1) is 0 Å². The lowest BCUT2D eigenvalue weighted by Crippen LogP contribution is -2.00. The van der Waals surface area contributed by atoms with E-state index < -0.39 is 6.10 Å². The van der Waals surface area contributed by atoms with Gasteiger partial charge in [-0.2, -0.15) is 0 Å². The summed E-state index contributed by atoms with van der Waals surface area (Å²) in [7, 11) is 0. The highest BCUT2D eigenvalue weighted by Crippen LogP contribution is 2.40. The summed E-state index contributed by atoms with van der Waals surface area (Å²) < 4.78 is 2.10. The Morgan fingerprint density at radius 1 is 1.00 bits per heavy atom. The lowest BCUT2D eigenvalue weighted by atomic mass is 9.97. The summed E-state index contributed by atoms with van der Waals surface area (Å²) in [4.78, 5) is 0. The normalized spacial score (nSPS) is 12.8. The van der Waals surface area contributed by atoms with Gasteiger partial charge in [-0.1, -0.05) is 69.5 Å². The summed E-state index contributed by atoms with van der Waals surface area (Å²) in [5.41, 5.74) is 1.47. The number of benzene rings is 2. The minimum atomic E-state index is -0.788. The summed E-state index contributed by atoms with van der Waals surface area (Å²) in [5.74, 6) is 0. The van der Waals surface area contributed by atoms with E-state index in [4.69, 9.17) is 23.2 Å². The molecule has 102 valence electrons. The van der Waals surface area contributed by atoms with Crippen LogP contribution in [0.15, 0.2) is 46.9 Å². The summed E-state index contributed by atoms with van der Waals surface area (Å²) in [6, 6.07) is 13.5. The van der Waals surface area contributed by atoms with E-state index in [9.17, 15) is 5.11 Å². The molecule has 1 unspecified atom stereocenters. The number of aliphatic hydroxyl groups excluding tert-OH is 1. The van der Waals surface area contributed by atoms with Crippen molar-refractivity contribution in [1.29, 1.82) is 0 Å².